The summed E-state index contributed by atoms with van der Waals surface area (Å²) in [5, 5.41) is 0. The highest BCUT2D eigenvalue weighted by atomic mass is 16.5. The highest BCUT2D eigenvalue weighted by Crippen LogP contribution is 2.10. The summed E-state index contributed by atoms with van der Waals surface area (Å²) in [7, 11) is 2.03. The maximum absolute atomic E-state index is 11.7. The average molecular weight is 249 g/mol. The Morgan fingerprint density at radius 1 is 1.22 bits per heavy atom. The van der Waals surface area contributed by atoms with Crippen LogP contribution < -0.4 is 0 Å². The van der Waals surface area contributed by atoms with Crippen LogP contribution in [-0.4, -0.2) is 36.6 Å². The van der Waals surface area contributed by atoms with Gasteiger partial charge in [0.05, 0.1) is 5.56 Å². The fourth-order valence-corrected chi connectivity index (χ4v) is 1.38. The lowest BCUT2D eigenvalue weighted by atomic mass is 10.1. The smallest absolute Gasteiger partial charge is 0.338 e. The number of ether oxygens (including phenoxy) is 1. The molecule has 0 aliphatic heterocycles. The van der Waals surface area contributed by atoms with Gasteiger partial charge in [0.15, 0.2) is 0 Å². The molecule has 0 fully saturated rings. The number of esters is 1. The first kappa shape index (κ1) is 14.7. The third kappa shape index (κ3) is 4.49. The van der Waals surface area contributed by atoms with Crippen molar-refractivity contribution in [1.82, 2.24) is 4.90 Å². The van der Waals surface area contributed by atoms with Crippen molar-refractivity contribution in [2.75, 3.05) is 20.2 Å². The molecule has 0 aromatic heterocycles. The molecular weight excluding hydrogens is 226 g/mol. The zero-order chi connectivity index (χ0) is 13.8. The molecule has 1 rings (SSSR count). The molecule has 100 valence electrons. The van der Waals surface area contributed by atoms with Gasteiger partial charge in [0, 0.05) is 12.1 Å². The van der Waals surface area contributed by atoms with Gasteiger partial charge in [0.25, 0.3) is 0 Å². The Hall–Kier alpha value is -1.35. The molecule has 0 heterocycles. The monoisotopic (exact) mass is 249 g/mol. The number of likely N-dealkylation sites (N-methyl/N-ethyl adjacent to an activating group) is 1. The molecule has 0 unspecified atom stereocenters. The zero-order valence-electron chi connectivity index (χ0n) is 12.0. The van der Waals surface area contributed by atoms with Gasteiger partial charge in [-0.2, -0.15) is 0 Å². The fourth-order valence-electron chi connectivity index (χ4n) is 1.38. The lowest BCUT2D eigenvalue weighted by Gasteiger charge is -2.31. The van der Waals surface area contributed by atoms with Gasteiger partial charge in [-0.05, 0) is 46.9 Å². The molecule has 3 heteroatoms. The van der Waals surface area contributed by atoms with Gasteiger partial charge in [-0.3, -0.25) is 4.90 Å². The molecule has 18 heavy (non-hydrogen) atoms. The summed E-state index contributed by atoms with van der Waals surface area (Å²) in [4.78, 5) is 13.9. The van der Waals surface area contributed by atoms with Gasteiger partial charge in [0.1, 0.15) is 6.61 Å². The number of rotatable bonds is 4. The Kier molecular flexibility index (Phi) is 4.91. The number of aryl methyl sites for hydroxylation is 1. The molecule has 0 spiro atoms. The second-order valence-electron chi connectivity index (χ2n) is 5.59. The van der Waals surface area contributed by atoms with Gasteiger partial charge >= 0.3 is 5.97 Å². The van der Waals surface area contributed by atoms with E-state index in [1.165, 1.54) is 0 Å². The maximum atomic E-state index is 11.7. The Bertz CT molecular complexity index is 390. The van der Waals surface area contributed by atoms with Crippen molar-refractivity contribution in [2.45, 2.75) is 33.2 Å². The van der Waals surface area contributed by atoms with E-state index in [2.05, 4.69) is 25.7 Å². The Morgan fingerprint density at radius 3 is 2.28 bits per heavy atom. The molecule has 3 nitrogen and oxygen atoms in total. The van der Waals surface area contributed by atoms with Crippen molar-refractivity contribution in [2.24, 2.45) is 0 Å². The van der Waals surface area contributed by atoms with Crippen LogP contribution in [0.5, 0.6) is 0 Å². The minimum Gasteiger partial charge on any atom is -0.461 e. The molecule has 0 radical (unpaired) electrons. The quantitative estimate of drug-likeness (QED) is 0.768. The Balaban J connectivity index is 2.40. The number of hydrogen-bond donors (Lipinski definition) is 0. The van der Waals surface area contributed by atoms with Crippen LogP contribution in [0.4, 0.5) is 0 Å². The topological polar surface area (TPSA) is 29.5 Å². The van der Waals surface area contributed by atoms with Crippen molar-refractivity contribution in [1.29, 1.82) is 0 Å². The van der Waals surface area contributed by atoms with E-state index in [1.54, 1.807) is 12.1 Å². The molecule has 0 bridgehead atoms. The van der Waals surface area contributed by atoms with Crippen molar-refractivity contribution < 1.29 is 9.53 Å². The van der Waals surface area contributed by atoms with E-state index in [0.717, 1.165) is 12.1 Å². The van der Waals surface area contributed by atoms with Crippen LogP contribution in [0.1, 0.15) is 36.7 Å². The van der Waals surface area contributed by atoms with Crippen LogP contribution in [0, 0.1) is 6.92 Å². The number of nitrogens with zero attached hydrogens (tertiary/aromatic N) is 1. The molecule has 1 aromatic carbocycles. The van der Waals surface area contributed by atoms with Crippen LogP contribution in [0.15, 0.2) is 24.3 Å². The number of benzene rings is 1. The van der Waals surface area contributed by atoms with Crippen LogP contribution in [0.2, 0.25) is 0 Å². The second-order valence-corrected chi connectivity index (χ2v) is 5.59. The van der Waals surface area contributed by atoms with E-state index >= 15 is 0 Å². The van der Waals surface area contributed by atoms with E-state index in [-0.39, 0.29) is 11.5 Å². The van der Waals surface area contributed by atoms with E-state index in [0.29, 0.717) is 12.2 Å². The Labute approximate surface area is 110 Å². The highest BCUT2D eigenvalue weighted by Gasteiger charge is 2.17. The third-order valence-electron chi connectivity index (χ3n) is 3.09. The lowest BCUT2D eigenvalue weighted by molar-refractivity contribution is 0.0423. The van der Waals surface area contributed by atoms with Crippen LogP contribution in [-0.2, 0) is 4.74 Å². The first-order valence-electron chi connectivity index (χ1n) is 6.26. The minimum absolute atomic E-state index is 0.0935. The van der Waals surface area contributed by atoms with E-state index < -0.39 is 0 Å². The largest absolute Gasteiger partial charge is 0.461 e. The summed E-state index contributed by atoms with van der Waals surface area (Å²) in [6.07, 6.45) is 0. The lowest BCUT2D eigenvalue weighted by Crippen LogP contribution is -2.40. The molecule has 0 N–H and O–H groups in total. The number of hydrogen-bond acceptors (Lipinski definition) is 3. The van der Waals surface area contributed by atoms with Crippen molar-refractivity contribution in [3.63, 3.8) is 0 Å². The maximum Gasteiger partial charge on any atom is 0.338 e. The molecule has 1 aromatic rings. The normalized spacial score (nSPS) is 11.7. The average Bonchev–Trinajstić information content (AvgIpc) is 2.28. The van der Waals surface area contributed by atoms with Crippen molar-refractivity contribution in [3.8, 4) is 0 Å². The predicted molar refractivity (Wildman–Crippen MR) is 73.8 cm³/mol. The first-order chi connectivity index (χ1) is 8.30. The van der Waals surface area contributed by atoms with Crippen molar-refractivity contribution in [3.05, 3.63) is 35.4 Å². The highest BCUT2D eigenvalue weighted by molar-refractivity contribution is 5.89. The molecule has 0 saturated heterocycles. The minimum atomic E-state index is -0.252. The summed E-state index contributed by atoms with van der Waals surface area (Å²) in [5.74, 6) is -0.252. The third-order valence-corrected chi connectivity index (χ3v) is 3.09. The standard InChI is InChI=1S/C15H23NO2/c1-12-6-8-13(9-7-12)14(17)18-11-10-16(5)15(2,3)4/h6-9H,10-11H2,1-5H3. The fraction of sp³-hybridized carbons (Fsp3) is 0.533. The molecule has 0 aliphatic carbocycles. The summed E-state index contributed by atoms with van der Waals surface area (Å²) in [6, 6.07) is 7.42. The van der Waals surface area contributed by atoms with Crippen LogP contribution in [0.3, 0.4) is 0 Å². The van der Waals surface area contributed by atoms with Gasteiger partial charge in [-0.25, -0.2) is 4.79 Å². The summed E-state index contributed by atoms with van der Waals surface area (Å²) in [6.45, 7) is 9.55. The first-order valence-corrected chi connectivity index (χ1v) is 6.26. The van der Waals surface area contributed by atoms with Gasteiger partial charge in [0.2, 0.25) is 0 Å². The number of carbonyl (C=O) groups excluding carboxylic acids is 1. The van der Waals surface area contributed by atoms with Gasteiger partial charge < -0.3 is 4.74 Å². The summed E-state index contributed by atoms with van der Waals surface area (Å²) >= 11 is 0. The second kappa shape index (κ2) is 6.01. The molecule has 0 saturated carbocycles. The molecular formula is C15H23NO2. The van der Waals surface area contributed by atoms with Crippen molar-refractivity contribution >= 4 is 5.97 Å². The van der Waals surface area contributed by atoms with E-state index in [4.69, 9.17) is 4.74 Å². The van der Waals surface area contributed by atoms with Crippen LogP contribution in [0.25, 0.3) is 0 Å². The zero-order valence-corrected chi connectivity index (χ0v) is 12.0. The number of carbonyl (C=O) groups is 1. The van der Waals surface area contributed by atoms with Gasteiger partial charge in [-0.1, -0.05) is 17.7 Å². The molecule has 0 aliphatic rings. The molecule has 0 atom stereocenters. The SMILES string of the molecule is Cc1ccc(C(=O)OCCN(C)C(C)(C)C)cc1. The van der Waals surface area contributed by atoms with E-state index in [9.17, 15) is 4.79 Å². The summed E-state index contributed by atoms with van der Waals surface area (Å²) < 4.78 is 5.25. The molecule has 0 amide bonds. The predicted octanol–water partition coefficient (Wildman–Crippen LogP) is 2.88. The van der Waals surface area contributed by atoms with E-state index in [1.807, 2.05) is 26.1 Å². The summed E-state index contributed by atoms with van der Waals surface area (Å²) in [5.41, 5.74) is 1.84. The Morgan fingerprint density at radius 2 is 1.78 bits per heavy atom. The van der Waals surface area contributed by atoms with Crippen LogP contribution >= 0.6 is 0 Å². The van der Waals surface area contributed by atoms with Gasteiger partial charge in [-0.15, -0.1) is 0 Å².